The first kappa shape index (κ1) is 16.0. The second kappa shape index (κ2) is 5.79. The van der Waals surface area contributed by atoms with Gasteiger partial charge in [0.05, 0.1) is 10.1 Å². The zero-order valence-electron chi connectivity index (χ0n) is 12.8. The summed E-state index contributed by atoms with van der Waals surface area (Å²) in [6.45, 7) is 5.72. The number of hydrogen-bond acceptors (Lipinski definition) is 3. The van der Waals surface area contributed by atoms with Gasteiger partial charge in [0.15, 0.2) is 9.84 Å². The van der Waals surface area contributed by atoms with Crippen molar-refractivity contribution >= 4 is 15.7 Å². The van der Waals surface area contributed by atoms with Gasteiger partial charge < -0.3 is 5.32 Å². The smallest absolute Gasteiger partial charge is 0.251 e. The fraction of sp³-hybridized carbons (Fsp3) is 0.562. The summed E-state index contributed by atoms with van der Waals surface area (Å²) in [6.07, 6.45) is 3.45. The maximum atomic E-state index is 12.4. The van der Waals surface area contributed by atoms with Crippen LogP contribution in [0.2, 0.25) is 0 Å². The molecule has 1 aliphatic rings. The molecule has 5 heteroatoms. The van der Waals surface area contributed by atoms with Crippen molar-refractivity contribution in [1.82, 2.24) is 5.32 Å². The van der Waals surface area contributed by atoms with Gasteiger partial charge >= 0.3 is 0 Å². The molecule has 0 atom stereocenters. The third-order valence-electron chi connectivity index (χ3n) is 3.67. The zero-order valence-corrected chi connectivity index (χ0v) is 13.7. The summed E-state index contributed by atoms with van der Waals surface area (Å²) in [5.74, 6) is -0.188. The van der Waals surface area contributed by atoms with Crippen molar-refractivity contribution in [1.29, 1.82) is 0 Å². The van der Waals surface area contributed by atoms with E-state index < -0.39 is 9.84 Å². The molecule has 0 unspecified atom stereocenters. The quantitative estimate of drug-likeness (QED) is 0.933. The van der Waals surface area contributed by atoms with Crippen molar-refractivity contribution in [2.45, 2.75) is 62.1 Å². The minimum absolute atomic E-state index is 0.188. The fourth-order valence-electron chi connectivity index (χ4n) is 2.60. The summed E-state index contributed by atoms with van der Waals surface area (Å²) in [4.78, 5) is 12.3. The first-order chi connectivity index (χ1) is 9.70. The molecule has 1 aliphatic carbocycles. The van der Waals surface area contributed by atoms with E-state index in [0.29, 0.717) is 10.5 Å². The van der Waals surface area contributed by atoms with Crippen LogP contribution in [-0.4, -0.2) is 25.1 Å². The molecular formula is C16H23NO3S. The van der Waals surface area contributed by atoms with Crippen LogP contribution in [0, 0.1) is 0 Å². The summed E-state index contributed by atoms with van der Waals surface area (Å²) < 4.78 is 24.9. The molecule has 0 saturated heterocycles. The van der Waals surface area contributed by atoms with Crippen molar-refractivity contribution < 1.29 is 13.2 Å². The average molecular weight is 309 g/mol. The summed E-state index contributed by atoms with van der Waals surface area (Å²) in [7, 11) is -3.25. The molecule has 0 spiro atoms. The Morgan fingerprint density at radius 1 is 1.10 bits per heavy atom. The largest absolute Gasteiger partial charge is 0.347 e. The third kappa shape index (κ3) is 3.84. The van der Waals surface area contributed by atoms with Gasteiger partial charge in [-0.15, -0.1) is 0 Å². The summed E-state index contributed by atoms with van der Waals surface area (Å²) in [5.41, 5.74) is 0.168. The highest BCUT2D eigenvalue weighted by Gasteiger charge is 2.30. The van der Waals surface area contributed by atoms with Crippen LogP contribution >= 0.6 is 0 Å². The standard InChI is InChI=1S/C16H23NO3S/c1-16(2,3)17-15(18)12-8-10-14(11-9-12)21(19,20)13-6-4-5-7-13/h8-11,13H,4-7H2,1-3H3,(H,17,18). The van der Waals surface area contributed by atoms with E-state index in [4.69, 9.17) is 0 Å². The van der Waals surface area contributed by atoms with Gasteiger partial charge in [-0.05, 0) is 57.9 Å². The topological polar surface area (TPSA) is 63.2 Å². The van der Waals surface area contributed by atoms with E-state index in [-0.39, 0.29) is 16.7 Å². The highest BCUT2D eigenvalue weighted by Crippen LogP contribution is 2.29. The van der Waals surface area contributed by atoms with E-state index >= 15 is 0 Å². The molecule has 1 aromatic carbocycles. The zero-order chi connectivity index (χ0) is 15.7. The molecule has 2 rings (SSSR count). The molecule has 0 aliphatic heterocycles. The summed E-state index contributed by atoms with van der Waals surface area (Å²) >= 11 is 0. The fourth-order valence-corrected chi connectivity index (χ4v) is 4.45. The Balaban J connectivity index is 2.17. The van der Waals surface area contributed by atoms with Crippen LogP contribution in [-0.2, 0) is 9.84 Å². The molecule has 0 radical (unpaired) electrons. The molecule has 1 fully saturated rings. The molecule has 116 valence electrons. The molecule has 1 aromatic rings. The second-order valence-corrected chi connectivity index (χ2v) is 8.91. The number of amides is 1. The SMILES string of the molecule is CC(C)(C)NC(=O)c1ccc(S(=O)(=O)C2CCCC2)cc1. The molecule has 0 bridgehead atoms. The van der Waals surface area contributed by atoms with Crippen molar-refractivity contribution in [2.24, 2.45) is 0 Å². The number of carbonyl (C=O) groups is 1. The van der Waals surface area contributed by atoms with Gasteiger partial charge in [0.1, 0.15) is 0 Å². The van der Waals surface area contributed by atoms with E-state index in [1.165, 1.54) is 0 Å². The Kier molecular flexibility index (Phi) is 4.42. The molecule has 1 N–H and O–H groups in total. The van der Waals surface area contributed by atoms with Gasteiger partial charge in [0.2, 0.25) is 0 Å². The molecule has 1 amide bonds. The Bertz CT molecular complexity index is 606. The predicted octanol–water partition coefficient (Wildman–Crippen LogP) is 2.93. The summed E-state index contributed by atoms with van der Waals surface area (Å²) in [6, 6.07) is 6.27. The van der Waals surface area contributed by atoms with E-state index in [9.17, 15) is 13.2 Å². The maximum Gasteiger partial charge on any atom is 0.251 e. The first-order valence-corrected chi connectivity index (χ1v) is 8.91. The van der Waals surface area contributed by atoms with Gasteiger partial charge in [-0.3, -0.25) is 4.79 Å². The van der Waals surface area contributed by atoms with Crippen LogP contribution in [0.4, 0.5) is 0 Å². The van der Waals surface area contributed by atoms with Crippen LogP contribution < -0.4 is 5.32 Å². The molecule has 4 nitrogen and oxygen atoms in total. The second-order valence-electron chi connectivity index (χ2n) is 6.68. The van der Waals surface area contributed by atoms with Crippen molar-refractivity contribution in [3.8, 4) is 0 Å². The number of sulfone groups is 1. The Morgan fingerprint density at radius 3 is 2.10 bits per heavy atom. The van der Waals surface area contributed by atoms with Gasteiger partial charge in [0.25, 0.3) is 5.91 Å². The van der Waals surface area contributed by atoms with Crippen molar-refractivity contribution in [3.05, 3.63) is 29.8 Å². The molecule has 0 heterocycles. The minimum Gasteiger partial charge on any atom is -0.347 e. The molecule has 1 saturated carbocycles. The van der Waals surface area contributed by atoms with Crippen LogP contribution in [0.5, 0.6) is 0 Å². The Morgan fingerprint density at radius 2 is 1.62 bits per heavy atom. The lowest BCUT2D eigenvalue weighted by Crippen LogP contribution is -2.40. The van der Waals surface area contributed by atoms with E-state index in [2.05, 4.69) is 5.32 Å². The average Bonchev–Trinajstić information content (AvgIpc) is 2.91. The highest BCUT2D eigenvalue weighted by atomic mass is 32.2. The lowest BCUT2D eigenvalue weighted by molar-refractivity contribution is 0.0919. The third-order valence-corrected chi connectivity index (χ3v) is 5.95. The molecule has 0 aromatic heterocycles. The normalized spacial score (nSPS) is 16.9. The lowest BCUT2D eigenvalue weighted by Gasteiger charge is -2.20. The Hall–Kier alpha value is -1.36. The number of rotatable bonds is 3. The van der Waals surface area contributed by atoms with Crippen LogP contribution in [0.15, 0.2) is 29.2 Å². The van der Waals surface area contributed by atoms with E-state index in [0.717, 1.165) is 25.7 Å². The maximum absolute atomic E-state index is 12.4. The van der Waals surface area contributed by atoms with Gasteiger partial charge in [0, 0.05) is 11.1 Å². The first-order valence-electron chi connectivity index (χ1n) is 7.37. The van der Waals surface area contributed by atoms with Crippen molar-refractivity contribution in [2.75, 3.05) is 0 Å². The monoisotopic (exact) mass is 309 g/mol. The van der Waals surface area contributed by atoms with Gasteiger partial charge in [-0.25, -0.2) is 8.42 Å². The number of benzene rings is 1. The molecule has 21 heavy (non-hydrogen) atoms. The summed E-state index contributed by atoms with van der Waals surface area (Å²) in [5, 5.41) is 2.60. The van der Waals surface area contributed by atoms with Gasteiger partial charge in [-0.2, -0.15) is 0 Å². The molecular weight excluding hydrogens is 286 g/mol. The number of nitrogens with one attached hydrogen (secondary N) is 1. The Labute approximate surface area is 126 Å². The van der Waals surface area contributed by atoms with Crippen molar-refractivity contribution in [3.63, 3.8) is 0 Å². The number of carbonyl (C=O) groups excluding carboxylic acids is 1. The minimum atomic E-state index is -3.25. The predicted molar refractivity (Wildman–Crippen MR) is 83.1 cm³/mol. The lowest BCUT2D eigenvalue weighted by atomic mass is 10.1. The van der Waals surface area contributed by atoms with Gasteiger partial charge in [-0.1, -0.05) is 12.8 Å². The van der Waals surface area contributed by atoms with E-state index in [1.807, 2.05) is 20.8 Å². The number of hydrogen-bond donors (Lipinski definition) is 1. The van der Waals surface area contributed by atoms with Crippen LogP contribution in [0.25, 0.3) is 0 Å². The van der Waals surface area contributed by atoms with E-state index in [1.54, 1.807) is 24.3 Å². The van der Waals surface area contributed by atoms with Crippen LogP contribution in [0.3, 0.4) is 0 Å². The highest BCUT2D eigenvalue weighted by molar-refractivity contribution is 7.92. The van der Waals surface area contributed by atoms with Crippen LogP contribution in [0.1, 0.15) is 56.8 Å².